The topological polar surface area (TPSA) is 72.0 Å². The van der Waals surface area contributed by atoms with E-state index in [1.807, 2.05) is 19.1 Å². The number of carbonyl (C=O) groups is 1. The average Bonchev–Trinajstić information content (AvgIpc) is 3.27. The number of hydrogen-bond donors (Lipinski definition) is 2. The van der Waals surface area contributed by atoms with Crippen LogP contribution in [-0.2, 0) is 11.2 Å². The highest BCUT2D eigenvalue weighted by molar-refractivity contribution is 6.10. The fourth-order valence-electron chi connectivity index (χ4n) is 3.10. The lowest BCUT2D eigenvalue weighted by atomic mass is 10.1. The van der Waals surface area contributed by atoms with Crippen LogP contribution in [0.5, 0.6) is 5.75 Å². The summed E-state index contributed by atoms with van der Waals surface area (Å²) in [5.74, 6) is 0.936. The Bertz CT molecular complexity index is 810. The third-order valence-electron chi connectivity index (χ3n) is 4.76. The predicted molar refractivity (Wildman–Crippen MR) is 116 cm³/mol. The molecule has 6 nitrogen and oxygen atoms in total. The zero-order chi connectivity index (χ0) is 20.5. The van der Waals surface area contributed by atoms with Gasteiger partial charge in [0, 0.05) is 17.9 Å². The van der Waals surface area contributed by atoms with Crippen LogP contribution < -0.4 is 15.4 Å². The van der Waals surface area contributed by atoms with Crippen LogP contribution in [0.25, 0.3) is 0 Å². The number of anilines is 1. The summed E-state index contributed by atoms with van der Waals surface area (Å²) in [6, 6.07) is 15.2. The van der Waals surface area contributed by atoms with E-state index in [1.54, 1.807) is 24.3 Å². The zero-order valence-electron chi connectivity index (χ0n) is 17.1. The molecule has 0 radical (unpaired) electrons. The van der Waals surface area contributed by atoms with E-state index >= 15 is 0 Å². The van der Waals surface area contributed by atoms with Crippen LogP contribution in [0, 0.1) is 0 Å². The van der Waals surface area contributed by atoms with Crippen molar-refractivity contribution < 1.29 is 14.3 Å². The Kier molecular flexibility index (Phi) is 7.64. The average molecular weight is 396 g/mol. The molecule has 1 fully saturated rings. The molecule has 1 amide bonds. The summed E-state index contributed by atoms with van der Waals surface area (Å²) in [6.07, 6.45) is 3.14. The number of aliphatic imine (C=N–C) groups is 1. The van der Waals surface area contributed by atoms with Gasteiger partial charge >= 0.3 is 0 Å². The van der Waals surface area contributed by atoms with Crippen LogP contribution in [-0.4, -0.2) is 37.7 Å². The SMILES string of the molecule is CCOc1ccc(C(=O)NC(=NC[C@H]2CCCO2)Nc2ccc(CC)cc2)cc1. The molecule has 0 aromatic heterocycles. The Labute approximate surface area is 172 Å². The highest BCUT2D eigenvalue weighted by atomic mass is 16.5. The molecule has 0 unspecified atom stereocenters. The van der Waals surface area contributed by atoms with Crippen LogP contribution in [0.2, 0.25) is 0 Å². The van der Waals surface area contributed by atoms with Crippen LogP contribution in [0.4, 0.5) is 5.69 Å². The van der Waals surface area contributed by atoms with Crippen molar-refractivity contribution in [1.82, 2.24) is 5.32 Å². The third-order valence-corrected chi connectivity index (χ3v) is 4.76. The standard InChI is InChI=1S/C23H29N3O3/c1-3-17-7-11-19(12-8-17)25-23(24-16-21-6-5-15-29-21)26-22(27)18-9-13-20(14-10-18)28-4-2/h7-14,21H,3-6,15-16H2,1-2H3,(H2,24,25,26,27)/t21-/m1/s1. The van der Waals surface area contributed by atoms with Gasteiger partial charge in [0.05, 0.1) is 19.3 Å². The lowest BCUT2D eigenvalue weighted by molar-refractivity contribution is 0.0975. The molecule has 0 spiro atoms. The van der Waals surface area contributed by atoms with E-state index in [0.29, 0.717) is 24.7 Å². The number of nitrogens with one attached hydrogen (secondary N) is 2. The number of benzene rings is 2. The Morgan fingerprint density at radius 2 is 1.90 bits per heavy atom. The van der Waals surface area contributed by atoms with Gasteiger partial charge in [0.2, 0.25) is 5.96 Å². The maximum absolute atomic E-state index is 12.7. The molecule has 1 saturated heterocycles. The van der Waals surface area contributed by atoms with Gasteiger partial charge < -0.3 is 14.8 Å². The van der Waals surface area contributed by atoms with Gasteiger partial charge in [-0.15, -0.1) is 0 Å². The number of guanidine groups is 1. The zero-order valence-corrected chi connectivity index (χ0v) is 17.1. The molecule has 2 aromatic rings. The maximum atomic E-state index is 12.7. The molecule has 154 valence electrons. The maximum Gasteiger partial charge on any atom is 0.257 e. The quantitative estimate of drug-likeness (QED) is 0.549. The van der Waals surface area contributed by atoms with Crippen LogP contribution in [0.1, 0.15) is 42.6 Å². The molecule has 1 atom stereocenters. The number of amides is 1. The number of rotatable bonds is 7. The number of carbonyl (C=O) groups excluding carboxylic acids is 1. The van der Waals surface area contributed by atoms with E-state index in [1.165, 1.54) is 5.56 Å². The summed E-state index contributed by atoms with van der Waals surface area (Å²) in [4.78, 5) is 17.3. The van der Waals surface area contributed by atoms with E-state index in [0.717, 1.165) is 37.3 Å². The largest absolute Gasteiger partial charge is 0.494 e. The smallest absolute Gasteiger partial charge is 0.257 e. The molecule has 2 aromatic carbocycles. The first kappa shape index (κ1) is 20.9. The third kappa shape index (κ3) is 6.32. The second-order valence-corrected chi connectivity index (χ2v) is 6.91. The van der Waals surface area contributed by atoms with Gasteiger partial charge in [-0.05, 0) is 68.1 Å². The molecule has 1 heterocycles. The van der Waals surface area contributed by atoms with Crippen LogP contribution >= 0.6 is 0 Å². The van der Waals surface area contributed by atoms with Crippen molar-refractivity contribution in [3.05, 3.63) is 59.7 Å². The molecule has 0 saturated carbocycles. The highest BCUT2D eigenvalue weighted by Gasteiger charge is 2.16. The lowest BCUT2D eigenvalue weighted by Gasteiger charge is -2.14. The second-order valence-electron chi connectivity index (χ2n) is 6.91. The van der Waals surface area contributed by atoms with Gasteiger partial charge in [-0.2, -0.15) is 0 Å². The van der Waals surface area contributed by atoms with Crippen molar-refractivity contribution in [3.63, 3.8) is 0 Å². The van der Waals surface area contributed by atoms with Gasteiger partial charge in [-0.1, -0.05) is 19.1 Å². The molecule has 1 aliphatic rings. The van der Waals surface area contributed by atoms with Gasteiger partial charge in [0.1, 0.15) is 5.75 Å². The van der Waals surface area contributed by atoms with Crippen molar-refractivity contribution in [3.8, 4) is 5.75 Å². The van der Waals surface area contributed by atoms with Crippen LogP contribution in [0.15, 0.2) is 53.5 Å². The number of nitrogens with zero attached hydrogens (tertiary/aromatic N) is 1. The van der Waals surface area contributed by atoms with Crippen molar-refractivity contribution in [2.24, 2.45) is 4.99 Å². The first-order valence-corrected chi connectivity index (χ1v) is 10.2. The Morgan fingerprint density at radius 3 is 2.52 bits per heavy atom. The number of hydrogen-bond acceptors (Lipinski definition) is 4. The molecule has 3 rings (SSSR count). The minimum atomic E-state index is -0.225. The first-order valence-electron chi connectivity index (χ1n) is 10.2. The lowest BCUT2D eigenvalue weighted by Crippen LogP contribution is -2.36. The summed E-state index contributed by atoms with van der Waals surface area (Å²) in [7, 11) is 0. The van der Waals surface area contributed by atoms with Crippen LogP contribution in [0.3, 0.4) is 0 Å². The summed E-state index contributed by atoms with van der Waals surface area (Å²) >= 11 is 0. The minimum Gasteiger partial charge on any atom is -0.494 e. The molecular formula is C23H29N3O3. The van der Waals surface area contributed by atoms with Gasteiger partial charge in [-0.3, -0.25) is 10.1 Å². The van der Waals surface area contributed by atoms with E-state index in [2.05, 4.69) is 34.7 Å². The molecule has 0 bridgehead atoms. The molecular weight excluding hydrogens is 366 g/mol. The summed E-state index contributed by atoms with van der Waals surface area (Å²) < 4.78 is 11.1. The molecule has 1 aliphatic heterocycles. The highest BCUT2D eigenvalue weighted by Crippen LogP contribution is 2.14. The van der Waals surface area contributed by atoms with Gasteiger partial charge in [-0.25, -0.2) is 4.99 Å². The van der Waals surface area contributed by atoms with E-state index in [4.69, 9.17) is 9.47 Å². The van der Waals surface area contributed by atoms with Gasteiger partial charge in [0.15, 0.2) is 0 Å². The summed E-state index contributed by atoms with van der Waals surface area (Å²) in [5.41, 5.74) is 2.67. The monoisotopic (exact) mass is 395 g/mol. The van der Waals surface area contributed by atoms with Gasteiger partial charge in [0.25, 0.3) is 5.91 Å². The van der Waals surface area contributed by atoms with E-state index in [-0.39, 0.29) is 12.0 Å². The Balaban J connectivity index is 1.70. The summed E-state index contributed by atoms with van der Waals surface area (Å²) in [6.45, 7) is 5.93. The fourth-order valence-corrected chi connectivity index (χ4v) is 3.10. The molecule has 2 N–H and O–H groups in total. The van der Waals surface area contributed by atoms with Crippen molar-refractivity contribution >= 4 is 17.6 Å². The fraction of sp³-hybridized carbons (Fsp3) is 0.391. The van der Waals surface area contributed by atoms with E-state index in [9.17, 15) is 4.79 Å². The molecule has 0 aliphatic carbocycles. The van der Waals surface area contributed by atoms with Crippen molar-refractivity contribution in [2.45, 2.75) is 39.2 Å². The van der Waals surface area contributed by atoms with Crippen molar-refractivity contribution in [1.29, 1.82) is 0 Å². The normalized spacial score (nSPS) is 16.5. The second kappa shape index (κ2) is 10.6. The Hall–Kier alpha value is -2.86. The number of ether oxygens (including phenoxy) is 2. The predicted octanol–water partition coefficient (Wildman–Crippen LogP) is 4.02. The molecule has 6 heteroatoms. The van der Waals surface area contributed by atoms with Crippen molar-refractivity contribution in [2.75, 3.05) is 25.1 Å². The Morgan fingerprint density at radius 1 is 1.14 bits per heavy atom. The molecule has 29 heavy (non-hydrogen) atoms. The van der Waals surface area contributed by atoms with E-state index < -0.39 is 0 Å². The first-order chi connectivity index (χ1) is 14.2. The number of aryl methyl sites for hydroxylation is 1. The minimum absolute atomic E-state index is 0.108. The summed E-state index contributed by atoms with van der Waals surface area (Å²) in [5, 5.41) is 6.11.